The Morgan fingerprint density at radius 3 is 1.38 bits per heavy atom. The number of rotatable bonds is 47. The number of unbranched alkanes of at least 4 members (excludes halogenated alkanes) is 29. The molecule has 3 atom stereocenters. The molecular weight excluding hydrogens is 755 g/mol. The molecule has 0 rings (SSSR count). The van der Waals surface area contributed by atoms with Gasteiger partial charge in [0.2, 0.25) is 5.91 Å². The van der Waals surface area contributed by atoms with Crippen LogP contribution in [-0.4, -0.2) is 46.9 Å². The van der Waals surface area contributed by atoms with Crippen molar-refractivity contribution in [1.29, 1.82) is 0 Å². The van der Waals surface area contributed by atoms with Gasteiger partial charge < -0.3 is 20.3 Å². The lowest BCUT2D eigenvalue weighted by atomic mass is 10.0. The smallest absolute Gasteiger partial charge is 0.306 e. The third-order valence-electron chi connectivity index (χ3n) is 12.0. The van der Waals surface area contributed by atoms with Gasteiger partial charge in [-0.05, 0) is 70.6 Å². The van der Waals surface area contributed by atoms with Gasteiger partial charge in [-0.1, -0.05) is 230 Å². The highest BCUT2D eigenvalue weighted by Crippen LogP contribution is 2.18. The monoisotopic (exact) mass is 856 g/mol. The van der Waals surface area contributed by atoms with E-state index in [1.54, 1.807) is 0 Å². The summed E-state index contributed by atoms with van der Waals surface area (Å²) in [4.78, 5) is 26.2. The summed E-state index contributed by atoms with van der Waals surface area (Å²) in [5.74, 6) is -0.495. The average Bonchev–Trinajstić information content (AvgIpc) is 3.25. The van der Waals surface area contributed by atoms with Crippen LogP contribution in [0.25, 0.3) is 0 Å². The van der Waals surface area contributed by atoms with Crippen molar-refractivity contribution >= 4 is 11.9 Å². The first-order chi connectivity index (χ1) is 30.0. The molecule has 6 heteroatoms. The maximum Gasteiger partial charge on any atom is 0.306 e. The number of esters is 1. The first-order valence-electron chi connectivity index (χ1n) is 26.4. The summed E-state index contributed by atoms with van der Waals surface area (Å²) in [5.41, 5.74) is 0. The maximum absolute atomic E-state index is 13.2. The Labute approximate surface area is 378 Å². The van der Waals surface area contributed by atoms with E-state index >= 15 is 0 Å². The molecule has 0 spiro atoms. The van der Waals surface area contributed by atoms with E-state index in [2.05, 4.69) is 74.7 Å². The van der Waals surface area contributed by atoms with E-state index in [4.69, 9.17) is 4.74 Å². The Kier molecular flexibility index (Phi) is 47.1. The van der Waals surface area contributed by atoms with E-state index in [0.717, 1.165) is 83.5 Å². The Bertz CT molecular complexity index is 1050. The lowest BCUT2D eigenvalue weighted by molar-refractivity contribution is -0.151. The molecule has 0 saturated heterocycles. The van der Waals surface area contributed by atoms with E-state index < -0.39 is 18.2 Å². The van der Waals surface area contributed by atoms with Crippen molar-refractivity contribution in [1.82, 2.24) is 5.32 Å². The minimum absolute atomic E-state index is 0.0670. The Morgan fingerprint density at radius 1 is 0.492 bits per heavy atom. The van der Waals surface area contributed by atoms with Crippen LogP contribution in [0.4, 0.5) is 0 Å². The third kappa shape index (κ3) is 44.2. The zero-order valence-electron chi connectivity index (χ0n) is 40.5. The number of nitrogens with one attached hydrogen (secondary N) is 1. The van der Waals surface area contributed by atoms with Crippen LogP contribution in [0.5, 0.6) is 0 Å². The molecule has 0 fully saturated rings. The van der Waals surface area contributed by atoms with Crippen LogP contribution in [0.3, 0.4) is 0 Å². The van der Waals surface area contributed by atoms with Gasteiger partial charge in [-0.2, -0.15) is 0 Å². The zero-order valence-corrected chi connectivity index (χ0v) is 40.5. The highest BCUT2D eigenvalue weighted by atomic mass is 16.5. The largest absolute Gasteiger partial charge is 0.462 e. The number of carbonyl (C=O) groups is 2. The van der Waals surface area contributed by atoms with Crippen LogP contribution in [0.15, 0.2) is 48.6 Å². The fourth-order valence-electron chi connectivity index (χ4n) is 7.96. The van der Waals surface area contributed by atoms with E-state index in [9.17, 15) is 19.8 Å². The zero-order chi connectivity index (χ0) is 44.5. The molecule has 0 aliphatic rings. The normalized spacial score (nSPS) is 13.6. The summed E-state index contributed by atoms with van der Waals surface area (Å²) >= 11 is 0. The van der Waals surface area contributed by atoms with Crippen molar-refractivity contribution in [2.75, 3.05) is 6.61 Å². The predicted molar refractivity (Wildman–Crippen MR) is 264 cm³/mol. The fraction of sp³-hybridized carbons (Fsp3) is 0.818. The fourth-order valence-corrected chi connectivity index (χ4v) is 7.96. The van der Waals surface area contributed by atoms with E-state index in [-0.39, 0.29) is 24.9 Å². The van der Waals surface area contributed by atoms with Gasteiger partial charge in [0.25, 0.3) is 0 Å². The number of amides is 1. The first-order valence-corrected chi connectivity index (χ1v) is 26.4. The molecule has 3 unspecified atom stereocenters. The molecule has 1 amide bonds. The van der Waals surface area contributed by atoms with Gasteiger partial charge in [-0.25, -0.2) is 0 Å². The summed E-state index contributed by atoms with van der Waals surface area (Å²) in [5, 5.41) is 23.8. The lowest BCUT2D eigenvalue weighted by Crippen LogP contribution is -2.46. The minimum Gasteiger partial charge on any atom is -0.462 e. The van der Waals surface area contributed by atoms with Gasteiger partial charge in [0, 0.05) is 6.42 Å². The van der Waals surface area contributed by atoms with Crippen molar-refractivity contribution in [2.24, 2.45) is 0 Å². The Balaban J connectivity index is 4.60. The molecule has 0 aliphatic carbocycles. The van der Waals surface area contributed by atoms with Crippen LogP contribution in [0, 0.1) is 0 Å². The second-order valence-corrected chi connectivity index (χ2v) is 18.0. The first kappa shape index (κ1) is 58.8. The second kappa shape index (κ2) is 48.8. The van der Waals surface area contributed by atoms with E-state index in [0.29, 0.717) is 19.3 Å². The van der Waals surface area contributed by atoms with Gasteiger partial charge in [0.05, 0.1) is 25.2 Å². The summed E-state index contributed by atoms with van der Waals surface area (Å²) in [6.07, 6.45) is 58.8. The molecule has 3 N–H and O–H groups in total. The van der Waals surface area contributed by atoms with Crippen molar-refractivity contribution in [3.8, 4) is 0 Å². The van der Waals surface area contributed by atoms with Gasteiger partial charge in [-0.15, -0.1) is 0 Å². The molecule has 0 saturated carbocycles. The molecule has 61 heavy (non-hydrogen) atoms. The SMILES string of the molecule is CC/C=C/C=C/C=C\CCCCCCCC(=O)OC(CCCCCCCCC/C=C/CCCCCCCC)CC(=O)NC(CO)C(O)CCCCCCCCCCCCCC. The average molecular weight is 856 g/mol. The molecule has 0 aromatic heterocycles. The number of ether oxygens (including phenoxy) is 1. The topological polar surface area (TPSA) is 95.9 Å². The van der Waals surface area contributed by atoms with Crippen molar-refractivity contribution in [3.63, 3.8) is 0 Å². The van der Waals surface area contributed by atoms with Crippen molar-refractivity contribution < 1.29 is 24.5 Å². The third-order valence-corrected chi connectivity index (χ3v) is 12.0. The number of carbonyl (C=O) groups excluding carboxylic acids is 2. The van der Waals surface area contributed by atoms with Gasteiger partial charge in [-0.3, -0.25) is 9.59 Å². The predicted octanol–water partition coefficient (Wildman–Crippen LogP) is 15.8. The molecule has 0 aromatic rings. The van der Waals surface area contributed by atoms with Crippen molar-refractivity contribution in [3.05, 3.63) is 48.6 Å². The van der Waals surface area contributed by atoms with Crippen LogP contribution in [0.1, 0.15) is 265 Å². The molecule has 0 bridgehead atoms. The summed E-state index contributed by atoms with van der Waals surface area (Å²) in [7, 11) is 0. The maximum atomic E-state index is 13.2. The Morgan fingerprint density at radius 2 is 0.902 bits per heavy atom. The minimum atomic E-state index is -0.792. The van der Waals surface area contributed by atoms with Crippen LogP contribution < -0.4 is 5.32 Å². The number of hydrogen-bond acceptors (Lipinski definition) is 5. The van der Waals surface area contributed by atoms with Crippen LogP contribution >= 0.6 is 0 Å². The standard InChI is InChI=1S/C55H101NO5/c1-4-7-10-13-16-19-22-25-26-27-28-30-31-34-37-40-43-46-51(61-55(60)48-45-42-39-36-33-29-23-20-17-14-11-8-5-2)49-54(59)56-52(50-57)53(58)47-44-41-38-35-32-24-21-18-15-12-9-6-3/h8,11,14,17,20,23,25-26,51-53,57-58H,4-7,9-10,12-13,15-16,18-19,21-22,24,27-50H2,1-3H3,(H,56,59)/b11-8+,17-14+,23-20-,26-25+. The second-order valence-electron chi connectivity index (χ2n) is 18.0. The molecule has 0 heterocycles. The molecule has 0 radical (unpaired) electrons. The quantitative estimate of drug-likeness (QED) is 0.0245. The highest BCUT2D eigenvalue weighted by molar-refractivity contribution is 5.77. The van der Waals surface area contributed by atoms with E-state index in [1.807, 2.05) is 0 Å². The van der Waals surface area contributed by atoms with Crippen molar-refractivity contribution in [2.45, 2.75) is 283 Å². The van der Waals surface area contributed by atoms with Gasteiger partial charge >= 0.3 is 5.97 Å². The number of aliphatic hydroxyl groups is 2. The molecule has 356 valence electrons. The van der Waals surface area contributed by atoms with E-state index in [1.165, 1.54) is 135 Å². The Hall–Kier alpha value is -2.18. The van der Waals surface area contributed by atoms with Crippen LogP contribution in [-0.2, 0) is 14.3 Å². The molecule has 0 aliphatic heterocycles. The van der Waals surface area contributed by atoms with Crippen LogP contribution in [0.2, 0.25) is 0 Å². The molecule has 6 nitrogen and oxygen atoms in total. The molecule has 0 aromatic carbocycles. The summed E-state index contributed by atoms with van der Waals surface area (Å²) in [6, 6.07) is -0.706. The molecular formula is C55H101NO5. The lowest BCUT2D eigenvalue weighted by Gasteiger charge is -2.24. The van der Waals surface area contributed by atoms with Gasteiger partial charge in [0.1, 0.15) is 6.10 Å². The highest BCUT2D eigenvalue weighted by Gasteiger charge is 2.24. The number of allylic oxidation sites excluding steroid dienone is 8. The van der Waals surface area contributed by atoms with Gasteiger partial charge in [0.15, 0.2) is 0 Å². The number of aliphatic hydroxyl groups excluding tert-OH is 2. The number of hydrogen-bond donors (Lipinski definition) is 3. The summed E-state index contributed by atoms with van der Waals surface area (Å²) < 4.78 is 5.93. The summed E-state index contributed by atoms with van der Waals surface area (Å²) in [6.45, 7) is 6.35.